The van der Waals surface area contributed by atoms with Crippen LogP contribution in [0.3, 0.4) is 0 Å². The van der Waals surface area contributed by atoms with E-state index >= 15 is 0 Å². The first-order valence-electron chi connectivity index (χ1n) is 8.74. The Balaban J connectivity index is 1.47. The average Bonchev–Trinajstić information content (AvgIpc) is 2.70. The number of amides is 2. The fraction of sp³-hybridized carbons (Fsp3) is 0.300. The molecule has 0 unspecified atom stereocenters. The van der Waals surface area contributed by atoms with E-state index in [1.807, 2.05) is 30.3 Å². The van der Waals surface area contributed by atoms with Crippen molar-refractivity contribution in [1.29, 1.82) is 0 Å². The average molecular weight is 407 g/mol. The van der Waals surface area contributed by atoms with E-state index in [1.165, 1.54) is 0 Å². The minimum atomic E-state index is -0.167. The summed E-state index contributed by atoms with van der Waals surface area (Å²) < 4.78 is 5.50. The van der Waals surface area contributed by atoms with Gasteiger partial charge in [0, 0.05) is 24.0 Å². The summed E-state index contributed by atoms with van der Waals surface area (Å²) >= 11 is 12.0. The fourth-order valence-electron chi connectivity index (χ4n) is 2.97. The first-order valence-corrected chi connectivity index (χ1v) is 9.50. The van der Waals surface area contributed by atoms with Gasteiger partial charge in [-0.25, -0.2) is 0 Å². The van der Waals surface area contributed by atoms with Gasteiger partial charge >= 0.3 is 0 Å². The molecule has 0 bridgehead atoms. The van der Waals surface area contributed by atoms with Crippen molar-refractivity contribution in [2.45, 2.75) is 12.8 Å². The Labute approximate surface area is 168 Å². The molecule has 2 aromatic carbocycles. The number of hydrogen-bond acceptors (Lipinski definition) is 3. The number of carbonyl (C=O) groups is 2. The van der Waals surface area contributed by atoms with Crippen molar-refractivity contribution >= 4 is 40.7 Å². The minimum absolute atomic E-state index is 0.000993. The molecule has 5 nitrogen and oxygen atoms in total. The zero-order valence-corrected chi connectivity index (χ0v) is 16.2. The number of nitrogens with one attached hydrogen (secondary N) is 1. The Bertz CT molecular complexity index is 806. The number of ether oxygens (including phenoxy) is 1. The molecule has 0 aromatic heterocycles. The van der Waals surface area contributed by atoms with Crippen molar-refractivity contribution in [3.8, 4) is 5.75 Å². The lowest BCUT2D eigenvalue weighted by Crippen LogP contribution is -2.43. The third-order valence-electron chi connectivity index (χ3n) is 4.51. The monoisotopic (exact) mass is 406 g/mol. The van der Waals surface area contributed by atoms with Gasteiger partial charge in [-0.05, 0) is 43.2 Å². The molecule has 0 spiro atoms. The summed E-state index contributed by atoms with van der Waals surface area (Å²) in [7, 11) is 0. The second-order valence-corrected chi connectivity index (χ2v) is 7.21. The van der Waals surface area contributed by atoms with Gasteiger partial charge in [0.1, 0.15) is 5.75 Å². The van der Waals surface area contributed by atoms with Crippen LogP contribution in [0.5, 0.6) is 5.75 Å². The molecule has 0 atom stereocenters. The topological polar surface area (TPSA) is 58.6 Å². The van der Waals surface area contributed by atoms with Crippen LogP contribution in [0.15, 0.2) is 48.5 Å². The van der Waals surface area contributed by atoms with E-state index < -0.39 is 0 Å². The molecule has 2 aromatic rings. The Kier molecular flexibility index (Phi) is 6.58. The molecule has 1 fully saturated rings. The third-order valence-corrected chi connectivity index (χ3v) is 5.07. The number of likely N-dealkylation sites (tertiary alicyclic amines) is 1. The van der Waals surface area contributed by atoms with Crippen LogP contribution in [0.4, 0.5) is 5.69 Å². The molecule has 1 heterocycles. The zero-order chi connectivity index (χ0) is 19.2. The van der Waals surface area contributed by atoms with Gasteiger partial charge in [-0.2, -0.15) is 0 Å². The first-order chi connectivity index (χ1) is 13.0. The van der Waals surface area contributed by atoms with E-state index in [0.717, 1.165) is 0 Å². The Morgan fingerprint density at radius 3 is 2.48 bits per heavy atom. The Morgan fingerprint density at radius 2 is 1.78 bits per heavy atom. The number of halogens is 2. The Morgan fingerprint density at radius 1 is 1.07 bits per heavy atom. The summed E-state index contributed by atoms with van der Waals surface area (Å²) in [6.45, 7) is 1.05. The first kappa shape index (κ1) is 19.5. The van der Waals surface area contributed by atoms with Crippen molar-refractivity contribution in [3.63, 3.8) is 0 Å². The molecule has 0 radical (unpaired) electrons. The van der Waals surface area contributed by atoms with Crippen LogP contribution in [-0.2, 0) is 9.59 Å². The van der Waals surface area contributed by atoms with Crippen LogP contribution in [0.25, 0.3) is 0 Å². The number of piperidine rings is 1. The highest BCUT2D eigenvalue weighted by Gasteiger charge is 2.27. The highest BCUT2D eigenvalue weighted by Crippen LogP contribution is 2.27. The number of hydrogen-bond donors (Lipinski definition) is 1. The van der Waals surface area contributed by atoms with Crippen LogP contribution in [-0.4, -0.2) is 36.4 Å². The molecule has 2 amide bonds. The van der Waals surface area contributed by atoms with Crippen molar-refractivity contribution in [1.82, 2.24) is 4.90 Å². The standard InChI is InChI=1S/C20H20Cl2N2O3/c21-15-6-7-17(22)18(12-15)23-20(26)14-8-10-24(11-9-14)19(25)13-27-16-4-2-1-3-5-16/h1-7,12,14H,8-11,13H2,(H,23,26). The molecule has 27 heavy (non-hydrogen) atoms. The van der Waals surface area contributed by atoms with E-state index in [0.29, 0.717) is 47.4 Å². The molecule has 1 aliphatic heterocycles. The van der Waals surface area contributed by atoms with Gasteiger partial charge in [-0.1, -0.05) is 41.4 Å². The van der Waals surface area contributed by atoms with Gasteiger partial charge in [-0.15, -0.1) is 0 Å². The molecule has 142 valence electrons. The largest absolute Gasteiger partial charge is 0.484 e. The van der Waals surface area contributed by atoms with E-state index in [-0.39, 0.29) is 24.3 Å². The van der Waals surface area contributed by atoms with Crippen molar-refractivity contribution in [2.75, 3.05) is 25.0 Å². The predicted octanol–water partition coefficient (Wildman–Crippen LogP) is 4.25. The lowest BCUT2D eigenvalue weighted by molar-refractivity contribution is -0.136. The van der Waals surface area contributed by atoms with Gasteiger partial charge in [0.15, 0.2) is 6.61 Å². The molecule has 1 N–H and O–H groups in total. The van der Waals surface area contributed by atoms with Crippen LogP contribution in [0.2, 0.25) is 10.0 Å². The third kappa shape index (κ3) is 5.37. The molecule has 1 saturated heterocycles. The highest BCUT2D eigenvalue weighted by molar-refractivity contribution is 6.35. The SMILES string of the molecule is O=C(Nc1cc(Cl)ccc1Cl)C1CCN(C(=O)COc2ccccc2)CC1. The second kappa shape index (κ2) is 9.11. The number of nitrogens with zero attached hydrogens (tertiary/aromatic N) is 1. The van der Waals surface area contributed by atoms with Gasteiger partial charge in [0.2, 0.25) is 5.91 Å². The van der Waals surface area contributed by atoms with Crippen LogP contribution >= 0.6 is 23.2 Å². The van der Waals surface area contributed by atoms with E-state index in [2.05, 4.69) is 5.32 Å². The molecule has 1 aliphatic rings. The van der Waals surface area contributed by atoms with E-state index in [9.17, 15) is 9.59 Å². The lowest BCUT2D eigenvalue weighted by atomic mass is 9.95. The maximum atomic E-state index is 12.5. The summed E-state index contributed by atoms with van der Waals surface area (Å²) in [6, 6.07) is 14.2. The van der Waals surface area contributed by atoms with Gasteiger partial charge in [0.05, 0.1) is 10.7 Å². The highest BCUT2D eigenvalue weighted by atomic mass is 35.5. The van der Waals surface area contributed by atoms with Crippen molar-refractivity contribution in [2.24, 2.45) is 5.92 Å². The summed E-state index contributed by atoms with van der Waals surface area (Å²) in [5, 5.41) is 3.78. The smallest absolute Gasteiger partial charge is 0.260 e. The number of anilines is 1. The Hall–Kier alpha value is -2.24. The summed E-state index contributed by atoms with van der Waals surface area (Å²) in [6.07, 6.45) is 1.20. The van der Waals surface area contributed by atoms with Gasteiger partial charge in [0.25, 0.3) is 5.91 Å². The summed E-state index contributed by atoms with van der Waals surface area (Å²) in [5.41, 5.74) is 0.504. The van der Waals surface area contributed by atoms with E-state index in [4.69, 9.17) is 27.9 Å². The lowest BCUT2D eigenvalue weighted by Gasteiger charge is -2.31. The van der Waals surface area contributed by atoms with Crippen molar-refractivity contribution in [3.05, 3.63) is 58.6 Å². The number of rotatable bonds is 5. The fourth-order valence-corrected chi connectivity index (χ4v) is 3.31. The molecular weight excluding hydrogens is 387 g/mol. The molecule has 7 heteroatoms. The molecule has 3 rings (SSSR count). The van der Waals surface area contributed by atoms with Crippen molar-refractivity contribution < 1.29 is 14.3 Å². The summed E-state index contributed by atoms with van der Waals surface area (Å²) in [4.78, 5) is 26.5. The van der Waals surface area contributed by atoms with Gasteiger partial charge in [-0.3, -0.25) is 9.59 Å². The normalized spacial score (nSPS) is 14.7. The van der Waals surface area contributed by atoms with Gasteiger partial charge < -0.3 is 15.0 Å². The minimum Gasteiger partial charge on any atom is -0.484 e. The molecule has 0 saturated carbocycles. The van der Waals surface area contributed by atoms with Crippen LogP contribution < -0.4 is 10.1 Å². The molecule has 0 aliphatic carbocycles. The zero-order valence-electron chi connectivity index (χ0n) is 14.7. The van der Waals surface area contributed by atoms with Crippen LogP contribution in [0.1, 0.15) is 12.8 Å². The maximum Gasteiger partial charge on any atom is 0.260 e. The quantitative estimate of drug-likeness (QED) is 0.806. The number of para-hydroxylation sites is 1. The summed E-state index contributed by atoms with van der Waals surface area (Å²) in [5.74, 6) is 0.319. The molecular formula is C20H20Cl2N2O3. The maximum absolute atomic E-state index is 12.5. The predicted molar refractivity (Wildman–Crippen MR) is 106 cm³/mol. The number of carbonyl (C=O) groups excluding carboxylic acids is 2. The number of benzene rings is 2. The second-order valence-electron chi connectivity index (χ2n) is 6.37. The van der Waals surface area contributed by atoms with E-state index in [1.54, 1.807) is 23.1 Å². The van der Waals surface area contributed by atoms with Crippen LogP contribution in [0, 0.1) is 5.92 Å².